The normalized spacial score (nSPS) is 30.8. The highest BCUT2D eigenvalue weighted by Crippen LogP contribution is 2.50. The zero-order chi connectivity index (χ0) is 16.7. The van der Waals surface area contributed by atoms with E-state index in [-0.39, 0.29) is 35.5 Å². The maximum atomic E-state index is 12.9. The number of fused-ring (bicyclic) bond motifs is 1. The van der Waals surface area contributed by atoms with E-state index in [4.69, 9.17) is 4.74 Å². The van der Waals surface area contributed by atoms with Crippen molar-refractivity contribution >= 4 is 17.5 Å². The van der Waals surface area contributed by atoms with Crippen molar-refractivity contribution in [3.8, 4) is 5.75 Å². The number of imide groups is 1. The maximum absolute atomic E-state index is 12.9. The van der Waals surface area contributed by atoms with Crippen molar-refractivity contribution < 1.29 is 14.3 Å². The largest absolute Gasteiger partial charge is 0.494 e. The number of hydrogen-bond acceptors (Lipinski definition) is 3. The molecule has 1 aliphatic heterocycles. The van der Waals surface area contributed by atoms with Gasteiger partial charge in [0.1, 0.15) is 5.75 Å². The number of carbonyl (C=O) groups is 2. The number of benzene rings is 1. The molecule has 0 spiro atoms. The molecule has 4 aliphatic rings. The average Bonchev–Trinajstić information content (AvgIpc) is 2.90. The zero-order valence-corrected chi connectivity index (χ0v) is 14.0. The van der Waals surface area contributed by atoms with Gasteiger partial charge < -0.3 is 4.74 Å². The van der Waals surface area contributed by atoms with Crippen LogP contribution in [0, 0.1) is 23.7 Å². The number of unbranched alkanes of at least 4 members (excludes halogenated alkanes) is 1. The Labute approximate surface area is 142 Å². The van der Waals surface area contributed by atoms with E-state index in [1.54, 1.807) is 0 Å². The van der Waals surface area contributed by atoms with Gasteiger partial charge in [-0.1, -0.05) is 25.5 Å². The van der Waals surface area contributed by atoms with Crippen molar-refractivity contribution in [3.63, 3.8) is 0 Å². The Morgan fingerprint density at radius 2 is 1.58 bits per heavy atom. The topological polar surface area (TPSA) is 46.6 Å². The van der Waals surface area contributed by atoms with Gasteiger partial charge in [0.05, 0.1) is 24.1 Å². The minimum absolute atomic E-state index is 0.0244. The third-order valence-corrected chi connectivity index (χ3v) is 5.62. The molecule has 1 aromatic rings. The predicted molar refractivity (Wildman–Crippen MR) is 91.7 cm³/mol. The van der Waals surface area contributed by atoms with E-state index in [0.717, 1.165) is 31.4 Å². The standard InChI is InChI=1S/C20H23NO3/c1-2-3-12-24-16-10-8-15(9-11-16)21-19(22)17-13-4-5-14(7-6-13)18(17)20(21)23/h4-5,8-11,13-14,17-18H,2-3,6-7,12H2,1H3. The summed E-state index contributed by atoms with van der Waals surface area (Å²) in [5, 5.41) is 0. The van der Waals surface area contributed by atoms with Gasteiger partial charge in [0.15, 0.2) is 0 Å². The van der Waals surface area contributed by atoms with Gasteiger partial charge >= 0.3 is 0 Å². The fourth-order valence-electron chi connectivity index (χ4n) is 4.35. The minimum Gasteiger partial charge on any atom is -0.494 e. The molecule has 1 saturated carbocycles. The van der Waals surface area contributed by atoms with E-state index in [9.17, 15) is 9.59 Å². The third-order valence-electron chi connectivity index (χ3n) is 5.62. The van der Waals surface area contributed by atoms with Crippen LogP contribution >= 0.6 is 0 Å². The Morgan fingerprint density at radius 1 is 1.00 bits per heavy atom. The van der Waals surface area contributed by atoms with E-state index < -0.39 is 0 Å². The lowest BCUT2D eigenvalue weighted by molar-refractivity contribution is -0.124. The highest BCUT2D eigenvalue weighted by Gasteiger charge is 2.56. The number of ether oxygens (including phenoxy) is 1. The van der Waals surface area contributed by atoms with Gasteiger partial charge in [0, 0.05) is 0 Å². The summed E-state index contributed by atoms with van der Waals surface area (Å²) in [7, 11) is 0. The lowest BCUT2D eigenvalue weighted by atomic mass is 9.63. The molecule has 3 aliphatic carbocycles. The number of anilines is 1. The first-order valence-electron chi connectivity index (χ1n) is 8.99. The van der Waals surface area contributed by atoms with E-state index in [2.05, 4.69) is 19.1 Å². The van der Waals surface area contributed by atoms with Crippen LogP contribution in [-0.2, 0) is 9.59 Å². The molecule has 1 aromatic carbocycles. The van der Waals surface area contributed by atoms with Crippen LogP contribution in [0.3, 0.4) is 0 Å². The van der Waals surface area contributed by atoms with Crippen LogP contribution in [0.2, 0.25) is 0 Å². The summed E-state index contributed by atoms with van der Waals surface area (Å²) in [5.41, 5.74) is 0.668. The number of hydrogen-bond donors (Lipinski definition) is 0. The van der Waals surface area contributed by atoms with Crippen molar-refractivity contribution in [3.05, 3.63) is 36.4 Å². The van der Waals surface area contributed by atoms with E-state index in [1.165, 1.54) is 4.90 Å². The van der Waals surface area contributed by atoms with Crippen molar-refractivity contribution in [1.29, 1.82) is 0 Å². The number of rotatable bonds is 5. The summed E-state index contributed by atoms with van der Waals surface area (Å²) < 4.78 is 5.66. The Balaban J connectivity index is 1.54. The molecular formula is C20H23NO3. The van der Waals surface area contributed by atoms with Gasteiger partial charge in [-0.15, -0.1) is 0 Å². The van der Waals surface area contributed by atoms with Crippen molar-refractivity contribution in [2.45, 2.75) is 32.6 Å². The molecule has 2 bridgehead atoms. The molecule has 4 atom stereocenters. The Kier molecular flexibility index (Phi) is 3.91. The molecule has 4 unspecified atom stereocenters. The highest BCUT2D eigenvalue weighted by molar-refractivity contribution is 6.22. The van der Waals surface area contributed by atoms with Gasteiger partial charge in [-0.25, -0.2) is 0 Å². The first kappa shape index (κ1) is 15.4. The first-order valence-corrected chi connectivity index (χ1v) is 8.99. The van der Waals surface area contributed by atoms with Crippen LogP contribution in [0.25, 0.3) is 0 Å². The SMILES string of the molecule is CCCCOc1ccc(N2C(=O)C3C4C=CC(CC4)C3C2=O)cc1. The zero-order valence-electron chi connectivity index (χ0n) is 14.0. The number of nitrogens with zero attached hydrogens (tertiary/aromatic N) is 1. The molecule has 1 saturated heterocycles. The molecule has 2 fully saturated rings. The Morgan fingerprint density at radius 3 is 2.08 bits per heavy atom. The summed E-state index contributed by atoms with van der Waals surface area (Å²) >= 11 is 0. The van der Waals surface area contributed by atoms with E-state index in [0.29, 0.717) is 12.3 Å². The fraction of sp³-hybridized carbons (Fsp3) is 0.500. The van der Waals surface area contributed by atoms with Crippen LogP contribution in [0.5, 0.6) is 5.75 Å². The van der Waals surface area contributed by atoms with Crippen LogP contribution in [-0.4, -0.2) is 18.4 Å². The molecular weight excluding hydrogens is 302 g/mol. The Hall–Kier alpha value is -2.10. The minimum atomic E-state index is -0.151. The smallest absolute Gasteiger partial charge is 0.238 e. The second-order valence-corrected chi connectivity index (χ2v) is 7.05. The molecule has 0 radical (unpaired) electrons. The maximum Gasteiger partial charge on any atom is 0.238 e. The van der Waals surface area contributed by atoms with Crippen LogP contribution in [0.15, 0.2) is 36.4 Å². The van der Waals surface area contributed by atoms with Crippen LogP contribution in [0.1, 0.15) is 32.6 Å². The van der Waals surface area contributed by atoms with E-state index in [1.807, 2.05) is 24.3 Å². The lowest BCUT2D eigenvalue weighted by Gasteiger charge is -2.38. The first-order chi connectivity index (χ1) is 11.7. The summed E-state index contributed by atoms with van der Waals surface area (Å²) in [5.74, 6) is 0.900. The highest BCUT2D eigenvalue weighted by atomic mass is 16.5. The molecule has 126 valence electrons. The van der Waals surface area contributed by atoms with Crippen molar-refractivity contribution in [2.24, 2.45) is 23.7 Å². The lowest BCUT2D eigenvalue weighted by Crippen LogP contribution is -2.38. The van der Waals surface area contributed by atoms with Gasteiger partial charge in [0.2, 0.25) is 11.8 Å². The molecule has 0 N–H and O–H groups in total. The van der Waals surface area contributed by atoms with Crippen LogP contribution in [0.4, 0.5) is 5.69 Å². The molecule has 1 heterocycles. The van der Waals surface area contributed by atoms with Gasteiger partial charge in [-0.2, -0.15) is 0 Å². The molecule has 2 amide bonds. The third kappa shape index (κ3) is 2.36. The van der Waals surface area contributed by atoms with Gasteiger partial charge in [0.25, 0.3) is 0 Å². The number of allylic oxidation sites excluding steroid dienone is 2. The monoisotopic (exact) mass is 325 g/mol. The Bertz CT molecular complexity index is 647. The van der Waals surface area contributed by atoms with Gasteiger partial charge in [-0.3, -0.25) is 14.5 Å². The number of carbonyl (C=O) groups excluding carboxylic acids is 2. The van der Waals surface area contributed by atoms with Crippen LogP contribution < -0.4 is 9.64 Å². The van der Waals surface area contributed by atoms with Crippen molar-refractivity contribution in [1.82, 2.24) is 0 Å². The molecule has 5 rings (SSSR count). The molecule has 4 heteroatoms. The predicted octanol–water partition coefficient (Wildman–Crippen LogP) is 3.57. The molecule has 0 aromatic heterocycles. The van der Waals surface area contributed by atoms with Crippen molar-refractivity contribution in [2.75, 3.05) is 11.5 Å². The fourth-order valence-corrected chi connectivity index (χ4v) is 4.35. The second kappa shape index (κ2) is 6.08. The average molecular weight is 325 g/mol. The molecule has 4 nitrogen and oxygen atoms in total. The summed E-state index contributed by atoms with van der Waals surface area (Å²) in [6.45, 7) is 2.81. The summed E-state index contributed by atoms with van der Waals surface area (Å²) in [6.07, 6.45) is 8.46. The quantitative estimate of drug-likeness (QED) is 0.472. The van der Waals surface area contributed by atoms with E-state index >= 15 is 0 Å². The van der Waals surface area contributed by atoms with Gasteiger partial charge in [-0.05, 0) is 55.4 Å². The summed E-state index contributed by atoms with van der Waals surface area (Å²) in [6, 6.07) is 7.34. The second-order valence-electron chi connectivity index (χ2n) is 7.05. The molecule has 24 heavy (non-hydrogen) atoms. The number of amides is 2. The summed E-state index contributed by atoms with van der Waals surface area (Å²) in [4.78, 5) is 27.2.